The van der Waals surface area contributed by atoms with Crippen LogP contribution in [0.25, 0.3) is 0 Å². The fraction of sp³-hybridized carbons (Fsp3) is 0. The number of rotatable bonds is 3. The first-order chi connectivity index (χ1) is 6.61. The molecule has 0 spiro atoms. The number of hydrogen-bond donors (Lipinski definition) is 2. The molecule has 0 unspecified atom stereocenters. The van der Waals surface area contributed by atoms with Crippen LogP contribution in [-0.4, -0.2) is 11.7 Å². The molecule has 0 fully saturated rings. The van der Waals surface area contributed by atoms with Crippen LogP contribution in [0.15, 0.2) is 42.1 Å². The van der Waals surface area contributed by atoms with Gasteiger partial charge >= 0.3 is 0 Å². The maximum Gasteiger partial charge on any atom is 0.264 e. The van der Waals surface area contributed by atoms with Gasteiger partial charge in [-0.2, -0.15) is 0 Å². The van der Waals surface area contributed by atoms with Crippen LogP contribution in [0.1, 0.15) is 10.4 Å². The highest BCUT2D eigenvalue weighted by atomic mass is 16.1. The topological polar surface area (TPSA) is 86.2 Å². The standard InChI is InChI=1S/C10H10N2O2/c11-8(10(12)14)6-9(13)7-4-2-1-3-5-7/h1-6H,11H2,(H2,12,14). The van der Waals surface area contributed by atoms with Crippen LogP contribution in [-0.2, 0) is 4.79 Å². The van der Waals surface area contributed by atoms with E-state index in [1.165, 1.54) is 0 Å². The molecule has 0 saturated carbocycles. The zero-order chi connectivity index (χ0) is 10.6. The first-order valence-electron chi connectivity index (χ1n) is 3.97. The van der Waals surface area contributed by atoms with E-state index in [2.05, 4.69) is 0 Å². The fourth-order valence-corrected chi connectivity index (χ4v) is 0.898. The quantitative estimate of drug-likeness (QED) is 0.527. The molecule has 4 N–H and O–H groups in total. The van der Waals surface area contributed by atoms with Crippen LogP contribution in [0.2, 0.25) is 0 Å². The van der Waals surface area contributed by atoms with Gasteiger partial charge < -0.3 is 11.5 Å². The lowest BCUT2D eigenvalue weighted by molar-refractivity contribution is -0.114. The molecule has 0 atom stereocenters. The number of hydrogen-bond acceptors (Lipinski definition) is 3. The number of primary amides is 1. The smallest absolute Gasteiger partial charge is 0.264 e. The summed E-state index contributed by atoms with van der Waals surface area (Å²) < 4.78 is 0. The van der Waals surface area contributed by atoms with Crippen molar-refractivity contribution in [3.8, 4) is 0 Å². The summed E-state index contributed by atoms with van der Waals surface area (Å²) in [6.07, 6.45) is 1.03. The summed E-state index contributed by atoms with van der Waals surface area (Å²) in [5.74, 6) is -1.13. The van der Waals surface area contributed by atoms with Gasteiger partial charge in [-0.1, -0.05) is 30.3 Å². The maximum atomic E-state index is 11.4. The lowest BCUT2D eigenvalue weighted by Gasteiger charge is -1.96. The second kappa shape index (κ2) is 4.23. The molecule has 4 nitrogen and oxygen atoms in total. The lowest BCUT2D eigenvalue weighted by atomic mass is 10.1. The molecule has 0 saturated heterocycles. The van der Waals surface area contributed by atoms with Gasteiger partial charge in [0.25, 0.3) is 5.91 Å². The Morgan fingerprint density at radius 2 is 1.64 bits per heavy atom. The van der Waals surface area contributed by atoms with Crippen LogP contribution >= 0.6 is 0 Å². The average molecular weight is 190 g/mol. The maximum absolute atomic E-state index is 11.4. The van der Waals surface area contributed by atoms with Crippen molar-refractivity contribution in [1.82, 2.24) is 0 Å². The van der Waals surface area contributed by atoms with E-state index < -0.39 is 5.91 Å². The molecule has 1 rings (SSSR count). The SMILES string of the molecule is NC(=O)C(N)=CC(=O)c1ccccc1. The highest BCUT2D eigenvalue weighted by Crippen LogP contribution is 2.01. The second-order valence-corrected chi connectivity index (χ2v) is 2.69. The third-order valence-electron chi connectivity index (χ3n) is 1.63. The van der Waals surface area contributed by atoms with Gasteiger partial charge in [-0.05, 0) is 0 Å². The molecule has 0 bridgehead atoms. The molecular weight excluding hydrogens is 180 g/mol. The largest absolute Gasteiger partial charge is 0.394 e. The zero-order valence-electron chi connectivity index (χ0n) is 7.44. The Labute approximate surface area is 81.2 Å². The Bertz CT molecular complexity index is 382. The molecule has 1 aromatic carbocycles. The van der Waals surface area contributed by atoms with Crippen LogP contribution in [0, 0.1) is 0 Å². The Hall–Kier alpha value is -2.10. The highest BCUT2D eigenvalue weighted by molar-refractivity contribution is 6.08. The van der Waals surface area contributed by atoms with E-state index in [1.54, 1.807) is 30.3 Å². The van der Waals surface area contributed by atoms with Crippen LogP contribution < -0.4 is 11.5 Å². The van der Waals surface area contributed by atoms with E-state index in [4.69, 9.17) is 11.5 Å². The molecule has 72 valence electrons. The van der Waals surface area contributed by atoms with E-state index in [0.29, 0.717) is 5.56 Å². The Kier molecular flexibility index (Phi) is 3.01. The minimum absolute atomic E-state index is 0.237. The number of allylic oxidation sites excluding steroid dienone is 1. The van der Waals surface area contributed by atoms with Crippen molar-refractivity contribution in [3.63, 3.8) is 0 Å². The van der Waals surface area contributed by atoms with Gasteiger partial charge in [0.2, 0.25) is 0 Å². The van der Waals surface area contributed by atoms with Gasteiger partial charge in [0.1, 0.15) is 5.70 Å². The van der Waals surface area contributed by atoms with Crippen LogP contribution in [0.5, 0.6) is 0 Å². The van der Waals surface area contributed by atoms with Gasteiger partial charge in [0.15, 0.2) is 5.78 Å². The molecule has 1 amide bonds. The van der Waals surface area contributed by atoms with Gasteiger partial charge in [-0.3, -0.25) is 9.59 Å². The third-order valence-corrected chi connectivity index (χ3v) is 1.63. The summed E-state index contributed by atoms with van der Waals surface area (Å²) in [6, 6.07) is 8.50. The van der Waals surface area contributed by atoms with Crippen molar-refractivity contribution >= 4 is 11.7 Å². The van der Waals surface area contributed by atoms with Crippen LogP contribution in [0.3, 0.4) is 0 Å². The van der Waals surface area contributed by atoms with Crippen molar-refractivity contribution in [2.24, 2.45) is 11.5 Å². The number of carbonyl (C=O) groups is 2. The fourth-order valence-electron chi connectivity index (χ4n) is 0.898. The van der Waals surface area contributed by atoms with E-state index in [-0.39, 0.29) is 11.5 Å². The van der Waals surface area contributed by atoms with Crippen LogP contribution in [0.4, 0.5) is 0 Å². The van der Waals surface area contributed by atoms with Crippen molar-refractivity contribution < 1.29 is 9.59 Å². The molecule has 4 heteroatoms. The van der Waals surface area contributed by atoms with Gasteiger partial charge in [-0.25, -0.2) is 0 Å². The molecular formula is C10H10N2O2. The Morgan fingerprint density at radius 1 is 1.07 bits per heavy atom. The minimum atomic E-state index is -0.797. The number of ketones is 1. The van der Waals surface area contributed by atoms with Crippen molar-refractivity contribution in [3.05, 3.63) is 47.7 Å². The van der Waals surface area contributed by atoms with Gasteiger partial charge in [0.05, 0.1) is 0 Å². The summed E-state index contributed by atoms with van der Waals surface area (Å²) >= 11 is 0. The first-order valence-corrected chi connectivity index (χ1v) is 3.97. The Balaban J connectivity index is 2.88. The van der Waals surface area contributed by atoms with Crippen molar-refractivity contribution in [2.45, 2.75) is 0 Å². The molecule has 0 radical (unpaired) electrons. The summed E-state index contributed by atoms with van der Waals surface area (Å²) in [6.45, 7) is 0. The van der Waals surface area contributed by atoms with E-state index >= 15 is 0 Å². The molecule has 0 aliphatic heterocycles. The average Bonchev–Trinajstić information content (AvgIpc) is 2.19. The predicted molar refractivity (Wildman–Crippen MR) is 52.2 cm³/mol. The monoisotopic (exact) mass is 190 g/mol. The van der Waals surface area contributed by atoms with Crippen molar-refractivity contribution in [2.75, 3.05) is 0 Å². The first kappa shape index (κ1) is 9.98. The number of benzene rings is 1. The molecule has 0 aliphatic carbocycles. The molecule has 0 aromatic heterocycles. The van der Waals surface area contributed by atoms with E-state index in [9.17, 15) is 9.59 Å². The number of carbonyl (C=O) groups excluding carboxylic acids is 2. The summed E-state index contributed by atoms with van der Waals surface area (Å²) in [4.78, 5) is 21.9. The third kappa shape index (κ3) is 2.45. The number of amides is 1. The highest BCUT2D eigenvalue weighted by Gasteiger charge is 2.04. The number of nitrogens with two attached hydrogens (primary N) is 2. The van der Waals surface area contributed by atoms with Gasteiger partial charge in [-0.15, -0.1) is 0 Å². The van der Waals surface area contributed by atoms with Gasteiger partial charge in [0, 0.05) is 11.6 Å². The molecule has 14 heavy (non-hydrogen) atoms. The Morgan fingerprint density at radius 3 is 2.14 bits per heavy atom. The molecule has 0 aliphatic rings. The van der Waals surface area contributed by atoms with E-state index in [0.717, 1.165) is 6.08 Å². The summed E-state index contributed by atoms with van der Waals surface area (Å²) in [7, 11) is 0. The zero-order valence-corrected chi connectivity index (χ0v) is 7.44. The predicted octanol–water partition coefficient (Wildman–Crippen LogP) is 0.197. The summed E-state index contributed by atoms with van der Waals surface area (Å²) in [5, 5.41) is 0. The van der Waals surface area contributed by atoms with E-state index in [1.807, 2.05) is 0 Å². The normalized spacial score (nSPS) is 11.0. The minimum Gasteiger partial charge on any atom is -0.394 e. The lowest BCUT2D eigenvalue weighted by Crippen LogP contribution is -2.21. The van der Waals surface area contributed by atoms with Crippen molar-refractivity contribution in [1.29, 1.82) is 0 Å². The molecule has 0 heterocycles. The summed E-state index contributed by atoms with van der Waals surface area (Å²) in [5.41, 5.74) is 10.3. The molecule has 1 aromatic rings. The second-order valence-electron chi connectivity index (χ2n) is 2.69.